The lowest BCUT2D eigenvalue weighted by atomic mass is 9.94. The largest absolute Gasteiger partial charge is 0.481 e. The first kappa shape index (κ1) is 14.8. The molecule has 0 heterocycles. The topological polar surface area (TPSA) is 66.4 Å². The molecule has 0 bridgehead atoms. The molecular formula is C12H13Cl2NO3. The molecule has 0 saturated heterocycles. The number of hydrogen-bond acceptors (Lipinski definition) is 2. The maximum Gasteiger partial charge on any atom is 0.310 e. The summed E-state index contributed by atoms with van der Waals surface area (Å²) in [5.41, 5.74) is -0.683. The van der Waals surface area contributed by atoms with Gasteiger partial charge in [-0.15, -0.1) is 0 Å². The molecule has 0 aliphatic rings. The summed E-state index contributed by atoms with van der Waals surface area (Å²) in [7, 11) is 0. The van der Waals surface area contributed by atoms with Crippen LogP contribution in [0.3, 0.4) is 0 Å². The van der Waals surface area contributed by atoms with Gasteiger partial charge in [-0.25, -0.2) is 0 Å². The molecule has 0 atom stereocenters. The highest BCUT2D eigenvalue weighted by Crippen LogP contribution is 2.22. The van der Waals surface area contributed by atoms with Crippen LogP contribution in [0.15, 0.2) is 18.2 Å². The van der Waals surface area contributed by atoms with Gasteiger partial charge in [0.1, 0.15) is 0 Å². The van der Waals surface area contributed by atoms with Crippen LogP contribution in [0.4, 0.5) is 0 Å². The van der Waals surface area contributed by atoms with Crippen molar-refractivity contribution < 1.29 is 14.7 Å². The molecule has 1 amide bonds. The Morgan fingerprint density at radius 3 is 2.39 bits per heavy atom. The van der Waals surface area contributed by atoms with E-state index in [2.05, 4.69) is 5.32 Å². The molecule has 1 rings (SSSR count). The summed E-state index contributed by atoms with van der Waals surface area (Å²) in [5.74, 6) is -1.36. The van der Waals surface area contributed by atoms with Crippen molar-refractivity contribution in [3.8, 4) is 0 Å². The zero-order valence-electron chi connectivity index (χ0n) is 9.96. The third-order valence-electron chi connectivity index (χ3n) is 2.45. The summed E-state index contributed by atoms with van der Waals surface area (Å²) < 4.78 is 0. The van der Waals surface area contributed by atoms with Gasteiger partial charge in [0, 0.05) is 12.1 Å². The quantitative estimate of drug-likeness (QED) is 0.896. The number of halogens is 2. The monoisotopic (exact) mass is 289 g/mol. The van der Waals surface area contributed by atoms with E-state index < -0.39 is 11.4 Å². The molecule has 0 aromatic heterocycles. The molecule has 0 spiro atoms. The van der Waals surface area contributed by atoms with Crippen molar-refractivity contribution in [3.05, 3.63) is 33.8 Å². The highest BCUT2D eigenvalue weighted by atomic mass is 35.5. The van der Waals surface area contributed by atoms with E-state index in [0.29, 0.717) is 10.6 Å². The lowest BCUT2D eigenvalue weighted by molar-refractivity contribution is -0.146. The smallest absolute Gasteiger partial charge is 0.310 e. The van der Waals surface area contributed by atoms with Crippen molar-refractivity contribution in [1.29, 1.82) is 0 Å². The van der Waals surface area contributed by atoms with Crippen molar-refractivity contribution in [3.63, 3.8) is 0 Å². The van der Waals surface area contributed by atoms with E-state index in [1.165, 1.54) is 32.0 Å². The van der Waals surface area contributed by atoms with Gasteiger partial charge in [0.15, 0.2) is 0 Å². The van der Waals surface area contributed by atoms with Gasteiger partial charge in [-0.05, 0) is 32.0 Å². The second-order valence-corrected chi connectivity index (χ2v) is 5.32. The fourth-order valence-electron chi connectivity index (χ4n) is 1.12. The lowest BCUT2D eigenvalue weighted by Gasteiger charge is -2.19. The minimum atomic E-state index is -1.02. The highest BCUT2D eigenvalue weighted by molar-refractivity contribution is 6.42. The average Bonchev–Trinajstić information content (AvgIpc) is 2.29. The average molecular weight is 290 g/mol. The molecule has 0 radical (unpaired) electrons. The van der Waals surface area contributed by atoms with E-state index in [-0.39, 0.29) is 17.5 Å². The van der Waals surface area contributed by atoms with E-state index in [1.54, 1.807) is 0 Å². The van der Waals surface area contributed by atoms with Crippen LogP contribution in [0, 0.1) is 5.41 Å². The van der Waals surface area contributed by atoms with Crippen LogP contribution in [0.2, 0.25) is 10.0 Å². The second-order valence-electron chi connectivity index (χ2n) is 4.50. The number of rotatable bonds is 4. The predicted molar refractivity (Wildman–Crippen MR) is 70.2 cm³/mol. The number of benzene rings is 1. The third kappa shape index (κ3) is 3.62. The Bertz CT molecular complexity index is 486. The van der Waals surface area contributed by atoms with Gasteiger partial charge in [-0.1, -0.05) is 23.2 Å². The molecule has 0 fully saturated rings. The standard InChI is InChI=1S/C12H13Cl2NO3/c1-12(2,11(17)18)6-15-10(16)7-3-4-8(13)9(14)5-7/h3-5H,6H2,1-2H3,(H,15,16)(H,17,18). The van der Waals surface area contributed by atoms with Gasteiger partial charge in [-0.3, -0.25) is 9.59 Å². The molecular weight excluding hydrogens is 277 g/mol. The van der Waals surface area contributed by atoms with Gasteiger partial charge in [0.2, 0.25) is 0 Å². The number of carbonyl (C=O) groups excluding carboxylic acids is 1. The molecule has 0 unspecified atom stereocenters. The van der Waals surface area contributed by atoms with Crippen molar-refractivity contribution >= 4 is 35.1 Å². The molecule has 1 aromatic rings. The van der Waals surface area contributed by atoms with Crippen LogP contribution in [0.1, 0.15) is 24.2 Å². The summed E-state index contributed by atoms with van der Waals surface area (Å²) in [5, 5.41) is 12.1. The van der Waals surface area contributed by atoms with Crippen molar-refractivity contribution in [2.75, 3.05) is 6.54 Å². The number of aliphatic carboxylic acids is 1. The molecule has 98 valence electrons. The highest BCUT2D eigenvalue weighted by Gasteiger charge is 2.27. The molecule has 1 aromatic carbocycles. The number of carboxylic acids is 1. The fourth-order valence-corrected chi connectivity index (χ4v) is 1.41. The van der Waals surface area contributed by atoms with Gasteiger partial charge in [-0.2, -0.15) is 0 Å². The summed E-state index contributed by atoms with van der Waals surface area (Å²) in [4.78, 5) is 22.7. The van der Waals surface area contributed by atoms with Gasteiger partial charge in [0.25, 0.3) is 5.91 Å². The first-order chi connectivity index (χ1) is 8.24. The Morgan fingerprint density at radius 1 is 1.28 bits per heavy atom. The Balaban J connectivity index is 2.72. The van der Waals surface area contributed by atoms with Gasteiger partial charge in [0.05, 0.1) is 15.5 Å². The molecule has 2 N–H and O–H groups in total. The number of amides is 1. The van der Waals surface area contributed by atoms with E-state index in [0.717, 1.165) is 0 Å². The zero-order chi connectivity index (χ0) is 13.9. The van der Waals surface area contributed by atoms with Gasteiger partial charge < -0.3 is 10.4 Å². The molecule has 4 nitrogen and oxygen atoms in total. The fraction of sp³-hybridized carbons (Fsp3) is 0.333. The van der Waals surface area contributed by atoms with Crippen LogP contribution in [-0.2, 0) is 4.79 Å². The first-order valence-electron chi connectivity index (χ1n) is 5.20. The Kier molecular flexibility index (Phi) is 4.59. The van der Waals surface area contributed by atoms with E-state index >= 15 is 0 Å². The normalized spacial score (nSPS) is 11.1. The summed E-state index contributed by atoms with van der Waals surface area (Å²) in [6, 6.07) is 4.48. The minimum Gasteiger partial charge on any atom is -0.481 e. The van der Waals surface area contributed by atoms with Crippen LogP contribution >= 0.6 is 23.2 Å². The molecule has 0 aliphatic heterocycles. The molecule has 6 heteroatoms. The Morgan fingerprint density at radius 2 is 1.89 bits per heavy atom. The maximum atomic E-state index is 11.8. The molecule has 0 aliphatic carbocycles. The Hall–Kier alpha value is -1.26. The second kappa shape index (κ2) is 5.59. The minimum absolute atomic E-state index is 0.0292. The first-order valence-corrected chi connectivity index (χ1v) is 5.96. The Labute approximate surface area is 115 Å². The maximum absolute atomic E-state index is 11.8. The van der Waals surface area contributed by atoms with Gasteiger partial charge >= 0.3 is 5.97 Å². The van der Waals surface area contributed by atoms with E-state index in [9.17, 15) is 9.59 Å². The number of nitrogens with one attached hydrogen (secondary N) is 1. The van der Waals surface area contributed by atoms with E-state index in [4.69, 9.17) is 28.3 Å². The third-order valence-corrected chi connectivity index (χ3v) is 3.19. The van der Waals surface area contributed by atoms with Crippen molar-refractivity contribution in [2.45, 2.75) is 13.8 Å². The van der Waals surface area contributed by atoms with Crippen LogP contribution in [0.25, 0.3) is 0 Å². The van der Waals surface area contributed by atoms with Crippen LogP contribution in [-0.4, -0.2) is 23.5 Å². The van der Waals surface area contributed by atoms with Crippen LogP contribution < -0.4 is 5.32 Å². The number of carbonyl (C=O) groups is 2. The SMILES string of the molecule is CC(C)(CNC(=O)c1ccc(Cl)c(Cl)c1)C(=O)O. The van der Waals surface area contributed by atoms with E-state index in [1.807, 2.05) is 0 Å². The number of hydrogen-bond donors (Lipinski definition) is 2. The lowest BCUT2D eigenvalue weighted by Crippen LogP contribution is -2.38. The van der Waals surface area contributed by atoms with Crippen LogP contribution in [0.5, 0.6) is 0 Å². The van der Waals surface area contributed by atoms with Crippen molar-refractivity contribution in [1.82, 2.24) is 5.32 Å². The molecule has 0 saturated carbocycles. The summed E-state index contributed by atoms with van der Waals surface area (Å²) in [6.07, 6.45) is 0. The zero-order valence-corrected chi connectivity index (χ0v) is 11.5. The summed E-state index contributed by atoms with van der Waals surface area (Å²) in [6.45, 7) is 3.09. The predicted octanol–water partition coefficient (Wildman–Crippen LogP) is 2.83. The number of carboxylic acid groups (broad SMARTS) is 1. The molecule has 18 heavy (non-hydrogen) atoms. The van der Waals surface area contributed by atoms with Crippen molar-refractivity contribution in [2.24, 2.45) is 5.41 Å². The summed E-state index contributed by atoms with van der Waals surface area (Å²) >= 11 is 11.5.